The van der Waals surface area contributed by atoms with Gasteiger partial charge in [0, 0.05) is 5.75 Å². The molecule has 0 bridgehead atoms. The second-order valence-corrected chi connectivity index (χ2v) is 4.94. The molecule has 0 amide bonds. The standard InChI is InChI=1S/C6H8N2S3/c1-3-4-10-6-8-7-5(9-2)11-6/h3H,1,4H2,2H3. The molecule has 1 heterocycles. The van der Waals surface area contributed by atoms with Crippen LogP contribution >= 0.6 is 34.9 Å². The van der Waals surface area contributed by atoms with Gasteiger partial charge < -0.3 is 0 Å². The van der Waals surface area contributed by atoms with Gasteiger partial charge in [0.15, 0.2) is 8.68 Å². The van der Waals surface area contributed by atoms with Crippen LogP contribution in [0.5, 0.6) is 0 Å². The molecule has 0 aromatic carbocycles. The number of nitrogens with zero attached hydrogens (tertiary/aromatic N) is 2. The van der Waals surface area contributed by atoms with Crippen LogP contribution < -0.4 is 0 Å². The molecule has 2 nitrogen and oxygen atoms in total. The lowest BCUT2D eigenvalue weighted by Gasteiger charge is -1.85. The Morgan fingerprint density at radius 3 is 2.82 bits per heavy atom. The van der Waals surface area contributed by atoms with Gasteiger partial charge in [-0.25, -0.2) is 0 Å². The number of hydrogen-bond donors (Lipinski definition) is 0. The average Bonchev–Trinajstić information content (AvgIpc) is 2.48. The van der Waals surface area contributed by atoms with Crippen molar-refractivity contribution in [2.75, 3.05) is 12.0 Å². The monoisotopic (exact) mass is 204 g/mol. The molecule has 1 aromatic rings. The molecule has 0 saturated heterocycles. The van der Waals surface area contributed by atoms with Crippen LogP contribution in [-0.2, 0) is 0 Å². The first-order valence-electron chi connectivity index (χ1n) is 2.98. The molecule has 0 aliphatic carbocycles. The third kappa shape index (κ3) is 2.84. The number of thioether (sulfide) groups is 2. The minimum Gasteiger partial charge on any atom is -0.131 e. The Labute approximate surface area is 78.5 Å². The van der Waals surface area contributed by atoms with E-state index in [-0.39, 0.29) is 0 Å². The van der Waals surface area contributed by atoms with Gasteiger partial charge in [0.25, 0.3) is 0 Å². The molecule has 60 valence electrons. The molecule has 0 spiro atoms. The molecular formula is C6H8N2S3. The fraction of sp³-hybridized carbons (Fsp3) is 0.333. The molecule has 5 heteroatoms. The van der Waals surface area contributed by atoms with Gasteiger partial charge >= 0.3 is 0 Å². The molecule has 1 rings (SSSR count). The van der Waals surface area contributed by atoms with Crippen LogP contribution in [0.25, 0.3) is 0 Å². The average molecular weight is 204 g/mol. The van der Waals surface area contributed by atoms with Crippen molar-refractivity contribution in [1.29, 1.82) is 0 Å². The van der Waals surface area contributed by atoms with Gasteiger partial charge in [-0.2, -0.15) is 0 Å². The Kier molecular flexibility index (Phi) is 3.96. The Morgan fingerprint density at radius 2 is 2.27 bits per heavy atom. The Balaban J connectivity index is 2.50. The van der Waals surface area contributed by atoms with Gasteiger partial charge in [-0.15, -0.1) is 16.8 Å². The molecule has 0 unspecified atom stereocenters. The van der Waals surface area contributed by atoms with Crippen LogP contribution in [0.4, 0.5) is 0 Å². The lowest BCUT2D eigenvalue weighted by Crippen LogP contribution is -1.71. The Hall–Kier alpha value is -0.0000000000000000833. The zero-order chi connectivity index (χ0) is 8.10. The van der Waals surface area contributed by atoms with E-state index >= 15 is 0 Å². The van der Waals surface area contributed by atoms with Crippen LogP contribution in [0, 0.1) is 0 Å². The molecule has 0 saturated carbocycles. The quantitative estimate of drug-likeness (QED) is 0.556. The third-order valence-corrected chi connectivity index (χ3v) is 3.92. The third-order valence-electron chi connectivity index (χ3n) is 0.887. The predicted molar refractivity (Wildman–Crippen MR) is 52.6 cm³/mol. The van der Waals surface area contributed by atoms with E-state index in [2.05, 4.69) is 16.8 Å². The normalized spacial score (nSPS) is 9.91. The molecule has 0 N–H and O–H groups in total. The molecule has 0 radical (unpaired) electrons. The van der Waals surface area contributed by atoms with Gasteiger partial charge in [-0.3, -0.25) is 0 Å². The van der Waals surface area contributed by atoms with Crippen molar-refractivity contribution in [3.8, 4) is 0 Å². The number of hydrogen-bond acceptors (Lipinski definition) is 5. The topological polar surface area (TPSA) is 25.8 Å². The minimum absolute atomic E-state index is 0.906. The summed E-state index contributed by atoms with van der Waals surface area (Å²) in [6, 6.07) is 0. The summed E-state index contributed by atoms with van der Waals surface area (Å²) in [6.07, 6.45) is 3.87. The summed E-state index contributed by atoms with van der Waals surface area (Å²) in [4.78, 5) is 0. The smallest absolute Gasteiger partial charge is 0.131 e. The van der Waals surface area contributed by atoms with Crippen LogP contribution in [0.3, 0.4) is 0 Å². The summed E-state index contributed by atoms with van der Waals surface area (Å²) < 4.78 is 2.05. The highest BCUT2D eigenvalue weighted by molar-refractivity contribution is 8.03. The summed E-state index contributed by atoms with van der Waals surface area (Å²) in [5.74, 6) is 0.906. The summed E-state index contributed by atoms with van der Waals surface area (Å²) in [6.45, 7) is 3.63. The Morgan fingerprint density at radius 1 is 1.55 bits per heavy atom. The lowest BCUT2D eigenvalue weighted by molar-refractivity contribution is 0.956. The molecule has 0 aliphatic rings. The van der Waals surface area contributed by atoms with E-state index in [0.29, 0.717) is 0 Å². The highest BCUT2D eigenvalue weighted by Crippen LogP contribution is 2.26. The summed E-state index contributed by atoms with van der Waals surface area (Å²) in [7, 11) is 0. The maximum atomic E-state index is 3.99. The van der Waals surface area contributed by atoms with Gasteiger partial charge in [0.1, 0.15) is 0 Å². The molecule has 1 aromatic heterocycles. The first-order chi connectivity index (χ1) is 5.36. The highest BCUT2D eigenvalue weighted by atomic mass is 32.2. The first-order valence-corrected chi connectivity index (χ1v) is 6.00. The van der Waals surface area contributed by atoms with E-state index in [1.807, 2.05) is 12.3 Å². The fourth-order valence-electron chi connectivity index (χ4n) is 0.468. The molecule has 11 heavy (non-hydrogen) atoms. The van der Waals surface area contributed by atoms with Gasteiger partial charge in [0.05, 0.1) is 0 Å². The maximum absolute atomic E-state index is 3.99. The fourth-order valence-corrected chi connectivity index (χ4v) is 2.67. The van der Waals surface area contributed by atoms with Crippen LogP contribution in [-0.4, -0.2) is 22.2 Å². The second-order valence-electron chi connectivity index (χ2n) is 1.64. The number of aromatic nitrogens is 2. The van der Waals surface area contributed by atoms with Crippen molar-refractivity contribution in [3.05, 3.63) is 12.7 Å². The van der Waals surface area contributed by atoms with E-state index in [0.717, 1.165) is 14.4 Å². The number of rotatable bonds is 4. The Bertz CT molecular complexity index is 233. The SMILES string of the molecule is C=CCSc1nnc(SC)s1. The van der Waals surface area contributed by atoms with Crippen molar-refractivity contribution >= 4 is 34.9 Å². The first kappa shape index (κ1) is 9.09. The zero-order valence-electron chi connectivity index (χ0n) is 6.11. The summed E-state index contributed by atoms with van der Waals surface area (Å²) in [5.41, 5.74) is 0. The molecule has 0 atom stereocenters. The van der Waals surface area contributed by atoms with Gasteiger partial charge in [-0.1, -0.05) is 40.9 Å². The molecular weight excluding hydrogens is 196 g/mol. The highest BCUT2D eigenvalue weighted by Gasteiger charge is 2.00. The maximum Gasteiger partial charge on any atom is 0.175 e. The van der Waals surface area contributed by atoms with Crippen molar-refractivity contribution in [1.82, 2.24) is 10.2 Å². The van der Waals surface area contributed by atoms with Crippen LogP contribution in [0.1, 0.15) is 0 Å². The van der Waals surface area contributed by atoms with E-state index in [4.69, 9.17) is 0 Å². The van der Waals surface area contributed by atoms with Crippen molar-refractivity contribution in [2.45, 2.75) is 8.68 Å². The minimum atomic E-state index is 0.906. The second kappa shape index (κ2) is 4.79. The van der Waals surface area contributed by atoms with E-state index in [1.54, 1.807) is 34.9 Å². The molecule has 0 fully saturated rings. The predicted octanol–water partition coefficient (Wildman–Crippen LogP) is 2.54. The summed E-state index contributed by atoms with van der Waals surface area (Å²) in [5, 5.41) is 7.95. The van der Waals surface area contributed by atoms with Gasteiger partial charge in [-0.05, 0) is 6.26 Å². The van der Waals surface area contributed by atoms with Crippen LogP contribution in [0.2, 0.25) is 0 Å². The largest absolute Gasteiger partial charge is 0.175 e. The van der Waals surface area contributed by atoms with Gasteiger partial charge in [0.2, 0.25) is 0 Å². The molecule has 0 aliphatic heterocycles. The van der Waals surface area contributed by atoms with E-state index < -0.39 is 0 Å². The van der Waals surface area contributed by atoms with E-state index in [9.17, 15) is 0 Å². The zero-order valence-corrected chi connectivity index (χ0v) is 8.56. The summed E-state index contributed by atoms with van der Waals surface area (Å²) >= 11 is 4.93. The van der Waals surface area contributed by atoms with E-state index in [1.165, 1.54) is 0 Å². The lowest BCUT2D eigenvalue weighted by atomic mass is 10.8. The van der Waals surface area contributed by atoms with Crippen molar-refractivity contribution in [3.63, 3.8) is 0 Å². The van der Waals surface area contributed by atoms with Crippen molar-refractivity contribution < 1.29 is 0 Å². The van der Waals surface area contributed by atoms with Crippen LogP contribution in [0.15, 0.2) is 21.3 Å². The van der Waals surface area contributed by atoms with Crippen molar-refractivity contribution in [2.24, 2.45) is 0 Å².